The Hall–Kier alpha value is -1.96. The molecule has 132 valence electrons. The van der Waals surface area contributed by atoms with Crippen molar-refractivity contribution in [3.05, 3.63) is 60.6 Å². The van der Waals surface area contributed by atoms with Crippen molar-refractivity contribution in [2.75, 3.05) is 19.4 Å². The van der Waals surface area contributed by atoms with Crippen molar-refractivity contribution in [3.63, 3.8) is 0 Å². The van der Waals surface area contributed by atoms with E-state index < -0.39 is 10.0 Å². The molecule has 0 fully saturated rings. The molecular weight excluding hydrogens is 358 g/mol. The fourth-order valence-electron chi connectivity index (χ4n) is 2.40. The molecule has 0 radical (unpaired) electrons. The highest BCUT2D eigenvalue weighted by molar-refractivity contribution is 7.98. The summed E-state index contributed by atoms with van der Waals surface area (Å²) in [5.74, 6) is 3.03. The molecule has 3 aromatic rings. The number of nitrogens with one attached hydrogen (secondary N) is 1. The van der Waals surface area contributed by atoms with Crippen LogP contribution in [0.2, 0.25) is 0 Å². The number of fused-ring (bicyclic) bond motifs is 1. The summed E-state index contributed by atoms with van der Waals surface area (Å²) in [5, 5.41) is 1.79. The fourth-order valence-corrected chi connectivity index (χ4v) is 4.35. The molecular formula is C18H19NO4S2. The Balaban J connectivity index is 1.60. The van der Waals surface area contributed by atoms with E-state index in [1.165, 1.54) is 0 Å². The summed E-state index contributed by atoms with van der Waals surface area (Å²) in [4.78, 5) is 0.265. The van der Waals surface area contributed by atoms with Crippen LogP contribution in [0, 0.1) is 0 Å². The summed E-state index contributed by atoms with van der Waals surface area (Å²) in [6.45, 7) is 0.369. The molecule has 0 atom stereocenters. The zero-order valence-electron chi connectivity index (χ0n) is 13.8. The minimum Gasteiger partial charge on any atom is -0.497 e. The van der Waals surface area contributed by atoms with Crippen molar-refractivity contribution in [2.45, 2.75) is 10.6 Å². The molecule has 0 aliphatic heterocycles. The van der Waals surface area contributed by atoms with Gasteiger partial charge in [0.05, 0.1) is 24.0 Å². The molecule has 1 aromatic heterocycles. The van der Waals surface area contributed by atoms with Crippen LogP contribution in [0.15, 0.2) is 64.1 Å². The average molecular weight is 377 g/mol. The van der Waals surface area contributed by atoms with Crippen LogP contribution in [0.5, 0.6) is 5.75 Å². The predicted octanol–water partition coefficient (Wildman–Crippen LogP) is 3.65. The van der Waals surface area contributed by atoms with Gasteiger partial charge in [0, 0.05) is 12.3 Å². The van der Waals surface area contributed by atoms with Crippen molar-refractivity contribution in [2.24, 2.45) is 0 Å². The van der Waals surface area contributed by atoms with Crippen molar-refractivity contribution in [1.82, 2.24) is 4.72 Å². The fraction of sp³-hybridized carbons (Fsp3) is 0.222. The number of ether oxygens (including phenoxy) is 1. The molecule has 3 rings (SSSR count). The summed E-state index contributed by atoms with van der Waals surface area (Å²) in [6, 6.07) is 14.4. The predicted molar refractivity (Wildman–Crippen MR) is 101 cm³/mol. The normalized spacial score (nSPS) is 11.7. The number of hydrogen-bond donors (Lipinski definition) is 1. The first-order chi connectivity index (χ1) is 12.1. The van der Waals surface area contributed by atoms with Crippen molar-refractivity contribution in [1.29, 1.82) is 0 Å². The molecule has 0 unspecified atom stereocenters. The third-order valence-electron chi connectivity index (χ3n) is 3.69. The lowest BCUT2D eigenvalue weighted by Crippen LogP contribution is -2.26. The maximum atomic E-state index is 12.4. The van der Waals surface area contributed by atoms with Crippen LogP contribution in [0.25, 0.3) is 10.8 Å². The SMILES string of the molecule is COc1ccc2cc(S(=O)(=O)NCCSCc3ccco3)ccc2c1. The molecule has 0 aliphatic carbocycles. The van der Waals surface area contributed by atoms with E-state index in [0.717, 1.165) is 28.0 Å². The monoisotopic (exact) mass is 377 g/mol. The standard InChI is InChI=1S/C18H19NO4S2/c1-22-16-6-4-15-12-18(7-5-14(15)11-16)25(20,21)19-8-10-24-13-17-3-2-9-23-17/h2-7,9,11-12,19H,8,10,13H2,1H3. The number of rotatable bonds is 8. The van der Waals surface area contributed by atoms with Gasteiger partial charge < -0.3 is 9.15 Å². The van der Waals surface area contributed by atoms with Crippen LogP contribution < -0.4 is 9.46 Å². The summed E-state index contributed by atoms with van der Waals surface area (Å²) >= 11 is 1.62. The van der Waals surface area contributed by atoms with E-state index in [4.69, 9.17) is 9.15 Å². The van der Waals surface area contributed by atoms with Crippen LogP contribution in [-0.2, 0) is 15.8 Å². The Bertz CT molecular complexity index is 937. The molecule has 2 aromatic carbocycles. The van der Waals surface area contributed by atoms with Crippen molar-refractivity contribution >= 4 is 32.6 Å². The first-order valence-corrected chi connectivity index (χ1v) is 10.4. The van der Waals surface area contributed by atoms with E-state index in [0.29, 0.717) is 12.3 Å². The van der Waals surface area contributed by atoms with Gasteiger partial charge in [-0.05, 0) is 47.2 Å². The van der Waals surface area contributed by atoms with E-state index in [1.54, 1.807) is 43.3 Å². The van der Waals surface area contributed by atoms with Gasteiger partial charge in [-0.3, -0.25) is 0 Å². The van der Waals surface area contributed by atoms with E-state index in [-0.39, 0.29) is 4.90 Å². The topological polar surface area (TPSA) is 68.5 Å². The largest absolute Gasteiger partial charge is 0.497 e. The van der Waals surface area contributed by atoms with Crippen LogP contribution in [-0.4, -0.2) is 27.8 Å². The van der Waals surface area contributed by atoms with Crippen LogP contribution >= 0.6 is 11.8 Å². The minimum absolute atomic E-state index is 0.265. The Morgan fingerprint density at radius 3 is 2.68 bits per heavy atom. The summed E-state index contributed by atoms with van der Waals surface area (Å²) in [6.07, 6.45) is 1.63. The molecule has 25 heavy (non-hydrogen) atoms. The molecule has 1 heterocycles. The second kappa shape index (κ2) is 7.95. The molecule has 0 spiro atoms. The van der Waals surface area contributed by atoms with Gasteiger partial charge in [0.15, 0.2) is 0 Å². The van der Waals surface area contributed by atoms with Gasteiger partial charge in [-0.15, -0.1) is 0 Å². The van der Waals surface area contributed by atoms with Gasteiger partial charge in [-0.25, -0.2) is 13.1 Å². The Labute approximate surface area is 151 Å². The van der Waals surface area contributed by atoms with E-state index in [9.17, 15) is 8.42 Å². The highest BCUT2D eigenvalue weighted by atomic mass is 32.2. The minimum atomic E-state index is -3.52. The van der Waals surface area contributed by atoms with Gasteiger partial charge >= 0.3 is 0 Å². The first kappa shape index (κ1) is 17.8. The number of thioether (sulfide) groups is 1. The van der Waals surface area contributed by atoms with Crippen LogP contribution in [0.3, 0.4) is 0 Å². The lowest BCUT2D eigenvalue weighted by molar-refractivity contribution is 0.415. The molecule has 0 aliphatic rings. The smallest absolute Gasteiger partial charge is 0.240 e. The number of sulfonamides is 1. The maximum absolute atomic E-state index is 12.4. The summed E-state index contributed by atoms with van der Waals surface area (Å²) in [5.41, 5.74) is 0. The second-order valence-corrected chi connectivity index (χ2v) is 8.28. The highest BCUT2D eigenvalue weighted by Crippen LogP contribution is 2.23. The van der Waals surface area contributed by atoms with Crippen LogP contribution in [0.1, 0.15) is 5.76 Å². The zero-order chi connectivity index (χ0) is 17.7. The third-order valence-corrected chi connectivity index (χ3v) is 6.13. The number of furan rings is 1. The molecule has 1 N–H and O–H groups in total. The van der Waals surface area contributed by atoms with Gasteiger partial charge in [0.2, 0.25) is 10.0 Å². The number of benzene rings is 2. The molecule has 0 amide bonds. The third kappa shape index (κ3) is 4.56. The molecule has 0 bridgehead atoms. The lowest BCUT2D eigenvalue weighted by atomic mass is 10.1. The van der Waals surface area contributed by atoms with E-state index >= 15 is 0 Å². The maximum Gasteiger partial charge on any atom is 0.240 e. The lowest BCUT2D eigenvalue weighted by Gasteiger charge is -2.08. The summed E-state index contributed by atoms with van der Waals surface area (Å²) < 4.78 is 37.9. The quantitative estimate of drug-likeness (QED) is 0.607. The molecule has 7 heteroatoms. The Morgan fingerprint density at radius 2 is 1.92 bits per heavy atom. The summed E-state index contributed by atoms with van der Waals surface area (Å²) in [7, 11) is -1.91. The second-order valence-electron chi connectivity index (χ2n) is 5.40. The Morgan fingerprint density at radius 1 is 1.12 bits per heavy atom. The molecule has 0 saturated heterocycles. The molecule has 0 saturated carbocycles. The average Bonchev–Trinajstić information content (AvgIpc) is 3.14. The highest BCUT2D eigenvalue weighted by Gasteiger charge is 2.14. The van der Waals surface area contributed by atoms with Crippen molar-refractivity contribution in [3.8, 4) is 5.75 Å². The van der Waals surface area contributed by atoms with Gasteiger partial charge in [0.1, 0.15) is 11.5 Å². The van der Waals surface area contributed by atoms with Crippen molar-refractivity contribution < 1.29 is 17.6 Å². The van der Waals surface area contributed by atoms with Gasteiger partial charge in [0.25, 0.3) is 0 Å². The number of methoxy groups -OCH3 is 1. The first-order valence-electron chi connectivity index (χ1n) is 7.76. The van der Waals surface area contributed by atoms with E-state index in [1.807, 2.05) is 30.3 Å². The van der Waals surface area contributed by atoms with Gasteiger partial charge in [-0.2, -0.15) is 11.8 Å². The Kier molecular flexibility index (Phi) is 5.67. The van der Waals surface area contributed by atoms with E-state index in [2.05, 4.69) is 4.72 Å². The van der Waals surface area contributed by atoms with Gasteiger partial charge in [-0.1, -0.05) is 12.1 Å². The molecule has 5 nitrogen and oxygen atoms in total. The number of hydrogen-bond acceptors (Lipinski definition) is 5. The van der Waals surface area contributed by atoms with Crippen LogP contribution in [0.4, 0.5) is 0 Å². The zero-order valence-corrected chi connectivity index (χ0v) is 15.4.